The van der Waals surface area contributed by atoms with Crippen LogP contribution in [0.3, 0.4) is 0 Å². The van der Waals surface area contributed by atoms with Crippen LogP contribution < -0.4 is 0 Å². The second kappa shape index (κ2) is 4.45. The van der Waals surface area contributed by atoms with E-state index in [2.05, 4.69) is 0 Å². The lowest BCUT2D eigenvalue weighted by Gasteiger charge is -2.24. The zero-order chi connectivity index (χ0) is 12.6. The lowest BCUT2D eigenvalue weighted by molar-refractivity contribution is 0.106. The number of benzene rings is 1. The van der Waals surface area contributed by atoms with Gasteiger partial charge in [-0.1, -0.05) is 23.7 Å². The predicted octanol–water partition coefficient (Wildman–Crippen LogP) is 4.27. The quantitative estimate of drug-likeness (QED) is 0.860. The molecule has 1 N–H and O–H groups in total. The number of halogens is 1. The normalized spacial score (nSPS) is 14.6. The van der Waals surface area contributed by atoms with Crippen molar-refractivity contribution in [1.82, 2.24) is 0 Å². The van der Waals surface area contributed by atoms with Crippen molar-refractivity contribution in [3.63, 3.8) is 0 Å². The molecule has 0 aliphatic heterocycles. The Morgan fingerprint density at radius 3 is 2.41 bits per heavy atom. The summed E-state index contributed by atoms with van der Waals surface area (Å²) in [5, 5.41) is 13.4. The van der Waals surface area contributed by atoms with E-state index in [9.17, 15) is 5.11 Å². The van der Waals surface area contributed by atoms with Gasteiger partial charge in [0.05, 0.1) is 0 Å². The molecule has 0 bridgehead atoms. The van der Waals surface area contributed by atoms with E-state index < -0.39 is 5.60 Å². The third kappa shape index (κ3) is 2.25. The Hall–Kier alpha value is -0.830. The lowest BCUT2D eigenvalue weighted by atomic mass is 9.92. The maximum atomic E-state index is 10.7. The van der Waals surface area contributed by atoms with Crippen LogP contribution in [0.4, 0.5) is 0 Å². The maximum absolute atomic E-state index is 10.7. The van der Waals surface area contributed by atoms with Crippen molar-refractivity contribution in [2.75, 3.05) is 0 Å². The molecular weight excluding hydrogens is 252 g/mol. The standard InChI is InChI=1S/C14H15ClOS/c1-9-4-5-11(8-12(9)15)14(3,16)13-10(2)6-7-17-13/h4-8,16H,1-3H3. The minimum atomic E-state index is -0.977. The van der Waals surface area contributed by atoms with E-state index in [1.165, 1.54) is 0 Å². The molecular formula is C14H15ClOS. The molecule has 2 rings (SSSR count). The van der Waals surface area contributed by atoms with Gasteiger partial charge in [0.2, 0.25) is 0 Å². The number of thiophene rings is 1. The highest BCUT2D eigenvalue weighted by molar-refractivity contribution is 7.10. The van der Waals surface area contributed by atoms with E-state index in [1.807, 2.05) is 50.4 Å². The van der Waals surface area contributed by atoms with E-state index in [4.69, 9.17) is 11.6 Å². The van der Waals surface area contributed by atoms with Crippen LogP contribution in [0.1, 0.15) is 28.5 Å². The first kappa shape index (κ1) is 12.6. The second-order valence-electron chi connectivity index (χ2n) is 4.47. The first-order chi connectivity index (χ1) is 7.93. The highest BCUT2D eigenvalue weighted by Gasteiger charge is 2.28. The number of hydrogen-bond donors (Lipinski definition) is 1. The molecule has 3 heteroatoms. The van der Waals surface area contributed by atoms with Crippen molar-refractivity contribution < 1.29 is 5.11 Å². The first-order valence-corrected chi connectivity index (χ1v) is 6.72. The summed E-state index contributed by atoms with van der Waals surface area (Å²) in [6.07, 6.45) is 0. The first-order valence-electron chi connectivity index (χ1n) is 5.46. The zero-order valence-corrected chi connectivity index (χ0v) is 11.7. The molecule has 0 amide bonds. The van der Waals surface area contributed by atoms with Crippen LogP contribution >= 0.6 is 22.9 Å². The van der Waals surface area contributed by atoms with Gasteiger partial charge in [0.15, 0.2) is 0 Å². The predicted molar refractivity (Wildman–Crippen MR) is 73.9 cm³/mol. The Kier molecular flexibility index (Phi) is 3.30. The molecule has 0 aliphatic carbocycles. The van der Waals surface area contributed by atoms with E-state index in [0.717, 1.165) is 21.6 Å². The Morgan fingerprint density at radius 2 is 1.88 bits per heavy atom. The summed E-state index contributed by atoms with van der Waals surface area (Å²) in [6, 6.07) is 7.73. The number of aliphatic hydroxyl groups is 1. The fourth-order valence-corrected chi connectivity index (χ4v) is 3.09. The van der Waals surface area contributed by atoms with Gasteiger partial charge in [-0.15, -0.1) is 11.3 Å². The van der Waals surface area contributed by atoms with E-state index in [-0.39, 0.29) is 0 Å². The molecule has 0 saturated heterocycles. The topological polar surface area (TPSA) is 20.2 Å². The van der Waals surface area contributed by atoms with Crippen LogP contribution in [0.15, 0.2) is 29.6 Å². The Bertz CT molecular complexity index is 543. The van der Waals surface area contributed by atoms with Gasteiger partial charge in [0.1, 0.15) is 5.60 Å². The molecule has 90 valence electrons. The van der Waals surface area contributed by atoms with Crippen LogP contribution in [-0.2, 0) is 5.60 Å². The molecule has 0 saturated carbocycles. The highest BCUT2D eigenvalue weighted by Crippen LogP contribution is 2.36. The molecule has 1 aromatic carbocycles. The number of aryl methyl sites for hydroxylation is 2. The van der Waals surface area contributed by atoms with Gasteiger partial charge in [-0.2, -0.15) is 0 Å². The van der Waals surface area contributed by atoms with Crippen LogP contribution in [-0.4, -0.2) is 5.11 Å². The fraction of sp³-hybridized carbons (Fsp3) is 0.286. The summed E-state index contributed by atoms with van der Waals surface area (Å²) in [7, 11) is 0. The SMILES string of the molecule is Cc1ccc(C(C)(O)c2sccc2C)cc1Cl. The molecule has 17 heavy (non-hydrogen) atoms. The van der Waals surface area contributed by atoms with Gasteiger partial charge in [0, 0.05) is 9.90 Å². The fourth-order valence-electron chi connectivity index (χ4n) is 1.90. The summed E-state index contributed by atoms with van der Waals surface area (Å²) >= 11 is 7.68. The molecule has 2 aromatic rings. The van der Waals surface area contributed by atoms with Crippen molar-refractivity contribution in [1.29, 1.82) is 0 Å². The summed E-state index contributed by atoms with van der Waals surface area (Å²) in [5.74, 6) is 0. The van der Waals surface area contributed by atoms with Crippen molar-refractivity contribution in [3.8, 4) is 0 Å². The Morgan fingerprint density at radius 1 is 1.18 bits per heavy atom. The number of rotatable bonds is 2. The highest BCUT2D eigenvalue weighted by atomic mass is 35.5. The summed E-state index contributed by atoms with van der Waals surface area (Å²) < 4.78 is 0. The van der Waals surface area contributed by atoms with Crippen LogP contribution in [0, 0.1) is 13.8 Å². The van der Waals surface area contributed by atoms with Crippen LogP contribution in [0.2, 0.25) is 5.02 Å². The molecule has 0 radical (unpaired) electrons. The minimum Gasteiger partial charge on any atom is -0.380 e. The molecule has 1 unspecified atom stereocenters. The van der Waals surface area contributed by atoms with Crippen molar-refractivity contribution >= 4 is 22.9 Å². The second-order valence-corrected chi connectivity index (χ2v) is 5.79. The van der Waals surface area contributed by atoms with Gasteiger partial charge in [-0.05, 0) is 55.0 Å². The van der Waals surface area contributed by atoms with Gasteiger partial charge in [0.25, 0.3) is 0 Å². The third-order valence-electron chi connectivity index (χ3n) is 3.04. The minimum absolute atomic E-state index is 0.692. The molecule has 1 heterocycles. The van der Waals surface area contributed by atoms with Gasteiger partial charge in [-0.25, -0.2) is 0 Å². The summed E-state index contributed by atoms with van der Waals surface area (Å²) in [5.41, 5.74) is 1.99. The Balaban J connectivity index is 2.51. The molecule has 0 spiro atoms. The summed E-state index contributed by atoms with van der Waals surface area (Å²) in [4.78, 5) is 0.970. The number of hydrogen-bond acceptors (Lipinski definition) is 2. The summed E-state index contributed by atoms with van der Waals surface area (Å²) in [6.45, 7) is 5.78. The van der Waals surface area contributed by atoms with Crippen molar-refractivity contribution in [2.24, 2.45) is 0 Å². The van der Waals surface area contributed by atoms with E-state index in [0.29, 0.717) is 5.02 Å². The Labute approximate surface area is 111 Å². The average Bonchev–Trinajstić information content (AvgIpc) is 2.69. The van der Waals surface area contributed by atoms with Gasteiger partial charge in [-0.3, -0.25) is 0 Å². The largest absolute Gasteiger partial charge is 0.380 e. The van der Waals surface area contributed by atoms with Gasteiger partial charge < -0.3 is 5.11 Å². The third-order valence-corrected chi connectivity index (χ3v) is 4.67. The van der Waals surface area contributed by atoms with Crippen LogP contribution in [0.25, 0.3) is 0 Å². The molecule has 1 aromatic heterocycles. The van der Waals surface area contributed by atoms with Crippen molar-refractivity contribution in [3.05, 3.63) is 56.2 Å². The van der Waals surface area contributed by atoms with Crippen molar-refractivity contribution in [2.45, 2.75) is 26.4 Å². The van der Waals surface area contributed by atoms with Gasteiger partial charge >= 0.3 is 0 Å². The maximum Gasteiger partial charge on any atom is 0.121 e. The van der Waals surface area contributed by atoms with E-state index >= 15 is 0 Å². The average molecular weight is 267 g/mol. The monoisotopic (exact) mass is 266 g/mol. The smallest absolute Gasteiger partial charge is 0.121 e. The molecule has 0 aliphatic rings. The van der Waals surface area contributed by atoms with Crippen LogP contribution in [0.5, 0.6) is 0 Å². The lowest BCUT2D eigenvalue weighted by Crippen LogP contribution is -2.22. The zero-order valence-electron chi connectivity index (χ0n) is 10.1. The molecule has 1 atom stereocenters. The van der Waals surface area contributed by atoms with E-state index in [1.54, 1.807) is 11.3 Å². The molecule has 1 nitrogen and oxygen atoms in total. The molecule has 0 fully saturated rings.